The number of anilines is 1. The summed E-state index contributed by atoms with van der Waals surface area (Å²) in [5, 5.41) is 1.41. The number of pyridine rings is 1. The van der Waals surface area contributed by atoms with E-state index in [-0.39, 0.29) is 5.91 Å². The highest BCUT2D eigenvalue weighted by Crippen LogP contribution is 2.28. The van der Waals surface area contributed by atoms with Gasteiger partial charge >= 0.3 is 0 Å². The average Bonchev–Trinajstić information content (AvgIpc) is 3.23. The maximum Gasteiger partial charge on any atom is 0.256 e. The Balaban J connectivity index is 1.62. The van der Waals surface area contributed by atoms with Crippen LogP contribution < -0.4 is 4.90 Å². The van der Waals surface area contributed by atoms with Crippen molar-refractivity contribution in [2.24, 2.45) is 0 Å². The fraction of sp³-hybridized carbons (Fsp3) is 0.273. The van der Waals surface area contributed by atoms with Gasteiger partial charge in [-0.1, -0.05) is 29.8 Å². The summed E-state index contributed by atoms with van der Waals surface area (Å²) in [5.41, 5.74) is 3.63. The maximum absolute atomic E-state index is 13.1. The van der Waals surface area contributed by atoms with Gasteiger partial charge in [0.05, 0.1) is 16.1 Å². The summed E-state index contributed by atoms with van der Waals surface area (Å²) in [6.07, 6.45) is 4.15. The highest BCUT2D eigenvalue weighted by molar-refractivity contribution is 6.36. The van der Waals surface area contributed by atoms with Crippen LogP contribution in [-0.4, -0.2) is 35.9 Å². The number of rotatable bonds is 4. The Kier molecular flexibility index (Phi) is 4.99. The van der Waals surface area contributed by atoms with E-state index < -0.39 is 0 Å². The van der Waals surface area contributed by atoms with Crippen molar-refractivity contribution in [2.45, 2.75) is 19.4 Å². The van der Waals surface area contributed by atoms with E-state index in [4.69, 9.17) is 11.6 Å². The maximum atomic E-state index is 13.1. The molecule has 2 heterocycles. The molecule has 0 unspecified atom stereocenters. The van der Waals surface area contributed by atoms with Crippen molar-refractivity contribution in [2.75, 3.05) is 25.0 Å². The number of carbonyl (C=O) groups excluding carboxylic acids is 1. The van der Waals surface area contributed by atoms with Gasteiger partial charge in [-0.2, -0.15) is 0 Å². The van der Waals surface area contributed by atoms with Crippen LogP contribution in [0.25, 0.3) is 10.9 Å². The molecule has 0 atom stereocenters. The zero-order valence-corrected chi connectivity index (χ0v) is 16.1. The van der Waals surface area contributed by atoms with E-state index in [9.17, 15) is 4.79 Å². The van der Waals surface area contributed by atoms with Gasteiger partial charge in [0.1, 0.15) is 0 Å². The van der Waals surface area contributed by atoms with Crippen LogP contribution in [0.1, 0.15) is 28.8 Å². The lowest BCUT2D eigenvalue weighted by atomic mass is 10.1. The second kappa shape index (κ2) is 7.57. The van der Waals surface area contributed by atoms with Crippen LogP contribution in [0.2, 0.25) is 5.02 Å². The molecule has 1 amide bonds. The monoisotopic (exact) mass is 379 g/mol. The third kappa shape index (κ3) is 3.50. The van der Waals surface area contributed by atoms with Crippen LogP contribution in [0.4, 0.5) is 5.69 Å². The fourth-order valence-corrected chi connectivity index (χ4v) is 3.97. The highest BCUT2D eigenvalue weighted by Gasteiger charge is 2.20. The van der Waals surface area contributed by atoms with Crippen LogP contribution in [0, 0.1) is 0 Å². The lowest BCUT2D eigenvalue weighted by Gasteiger charge is -2.24. The minimum Gasteiger partial charge on any atom is -0.371 e. The fourth-order valence-electron chi connectivity index (χ4n) is 3.75. The van der Waals surface area contributed by atoms with Gasteiger partial charge in [-0.05, 0) is 48.7 Å². The number of halogens is 1. The lowest BCUT2D eigenvalue weighted by Crippen LogP contribution is -2.28. The topological polar surface area (TPSA) is 36.4 Å². The second-order valence-corrected chi connectivity index (χ2v) is 7.39. The van der Waals surface area contributed by atoms with Crippen molar-refractivity contribution in [1.82, 2.24) is 9.88 Å². The van der Waals surface area contributed by atoms with E-state index in [1.807, 2.05) is 25.2 Å². The van der Waals surface area contributed by atoms with Crippen molar-refractivity contribution in [3.8, 4) is 0 Å². The Hall–Kier alpha value is -2.59. The molecule has 0 N–H and O–H groups in total. The van der Waals surface area contributed by atoms with E-state index in [0.29, 0.717) is 22.6 Å². The van der Waals surface area contributed by atoms with Gasteiger partial charge in [-0.3, -0.25) is 9.78 Å². The van der Waals surface area contributed by atoms with E-state index in [2.05, 4.69) is 28.1 Å². The predicted octanol–water partition coefficient (Wildman–Crippen LogP) is 4.76. The molecular weight excluding hydrogens is 358 g/mol. The van der Waals surface area contributed by atoms with Crippen LogP contribution in [-0.2, 0) is 6.54 Å². The third-order valence-electron chi connectivity index (χ3n) is 5.14. The number of benzene rings is 2. The minimum absolute atomic E-state index is 0.0495. The molecule has 0 radical (unpaired) electrons. The van der Waals surface area contributed by atoms with E-state index >= 15 is 0 Å². The number of para-hydroxylation sites is 1. The number of amides is 1. The standard InChI is InChI=1S/C22H22ClN3O/c1-25(15-16-7-2-3-9-20(16)26-13-4-5-14-26)22(27)18-10-11-19(23)17-8-6-12-24-21(17)18/h2-3,6-12H,4-5,13-15H2,1H3. The van der Waals surface area contributed by atoms with Crippen molar-refractivity contribution >= 4 is 34.1 Å². The molecule has 1 aliphatic heterocycles. The molecule has 0 aliphatic carbocycles. The SMILES string of the molecule is CN(Cc1ccccc1N1CCCC1)C(=O)c1ccc(Cl)c2cccnc12. The summed E-state index contributed by atoms with van der Waals surface area (Å²) in [7, 11) is 1.84. The van der Waals surface area contributed by atoms with Gasteiger partial charge in [0.25, 0.3) is 5.91 Å². The van der Waals surface area contributed by atoms with Gasteiger partial charge in [0.15, 0.2) is 0 Å². The smallest absolute Gasteiger partial charge is 0.256 e. The van der Waals surface area contributed by atoms with Crippen molar-refractivity contribution in [3.63, 3.8) is 0 Å². The zero-order valence-electron chi connectivity index (χ0n) is 15.4. The summed E-state index contributed by atoms with van der Waals surface area (Å²) in [4.78, 5) is 21.7. The van der Waals surface area contributed by atoms with Crippen LogP contribution in [0.15, 0.2) is 54.7 Å². The number of nitrogens with zero attached hydrogens (tertiary/aromatic N) is 3. The van der Waals surface area contributed by atoms with Gasteiger partial charge < -0.3 is 9.80 Å². The molecule has 0 spiro atoms. The predicted molar refractivity (Wildman–Crippen MR) is 110 cm³/mol. The van der Waals surface area contributed by atoms with Gasteiger partial charge in [0, 0.05) is 44.0 Å². The number of fused-ring (bicyclic) bond motifs is 1. The first-order chi connectivity index (χ1) is 13.1. The molecule has 1 aliphatic rings. The summed E-state index contributed by atoms with van der Waals surface area (Å²) < 4.78 is 0. The molecule has 1 aromatic heterocycles. The molecule has 0 saturated carbocycles. The molecule has 2 aromatic carbocycles. The number of hydrogen-bond donors (Lipinski definition) is 0. The number of aromatic nitrogens is 1. The Morgan fingerprint density at radius 2 is 1.89 bits per heavy atom. The molecule has 3 aromatic rings. The molecule has 4 rings (SSSR count). The normalized spacial score (nSPS) is 13.9. The summed E-state index contributed by atoms with van der Waals surface area (Å²) in [5.74, 6) is -0.0495. The third-order valence-corrected chi connectivity index (χ3v) is 5.47. The lowest BCUT2D eigenvalue weighted by molar-refractivity contribution is 0.0787. The zero-order chi connectivity index (χ0) is 18.8. The molecule has 4 nitrogen and oxygen atoms in total. The first-order valence-electron chi connectivity index (χ1n) is 9.26. The summed E-state index contributed by atoms with van der Waals surface area (Å²) in [6, 6.07) is 15.6. The van der Waals surface area contributed by atoms with Gasteiger partial charge in [0.2, 0.25) is 0 Å². The number of carbonyl (C=O) groups is 1. The molecule has 27 heavy (non-hydrogen) atoms. The first-order valence-corrected chi connectivity index (χ1v) is 9.64. The average molecular weight is 380 g/mol. The quantitative estimate of drug-likeness (QED) is 0.655. The molecule has 0 bridgehead atoms. The van der Waals surface area contributed by atoms with Crippen molar-refractivity contribution in [1.29, 1.82) is 0 Å². The molecular formula is C22H22ClN3O. The summed E-state index contributed by atoms with van der Waals surface area (Å²) >= 11 is 6.27. The Bertz CT molecular complexity index is 982. The van der Waals surface area contributed by atoms with E-state index in [0.717, 1.165) is 18.5 Å². The Morgan fingerprint density at radius 3 is 2.70 bits per heavy atom. The minimum atomic E-state index is -0.0495. The van der Waals surface area contributed by atoms with Crippen LogP contribution in [0.3, 0.4) is 0 Å². The number of hydrogen-bond acceptors (Lipinski definition) is 3. The molecule has 1 saturated heterocycles. The van der Waals surface area contributed by atoms with E-state index in [1.165, 1.54) is 24.1 Å². The largest absolute Gasteiger partial charge is 0.371 e. The van der Waals surface area contributed by atoms with Crippen LogP contribution >= 0.6 is 11.6 Å². The first kappa shape index (κ1) is 17.8. The molecule has 138 valence electrons. The van der Waals surface area contributed by atoms with E-state index in [1.54, 1.807) is 23.2 Å². The van der Waals surface area contributed by atoms with Crippen LogP contribution in [0.5, 0.6) is 0 Å². The molecule has 5 heteroatoms. The van der Waals surface area contributed by atoms with Crippen molar-refractivity contribution < 1.29 is 4.79 Å². The Morgan fingerprint density at radius 1 is 1.11 bits per heavy atom. The second-order valence-electron chi connectivity index (χ2n) is 6.98. The van der Waals surface area contributed by atoms with Gasteiger partial charge in [-0.25, -0.2) is 0 Å². The summed E-state index contributed by atoms with van der Waals surface area (Å²) in [6.45, 7) is 2.73. The van der Waals surface area contributed by atoms with Gasteiger partial charge in [-0.15, -0.1) is 0 Å². The van der Waals surface area contributed by atoms with Crippen molar-refractivity contribution in [3.05, 3.63) is 70.9 Å². The Labute approximate surface area is 164 Å². The molecule has 1 fully saturated rings. The highest BCUT2D eigenvalue weighted by atomic mass is 35.5.